The Hall–Kier alpha value is -1.35. The Labute approximate surface area is 191 Å². The number of rotatable bonds is 6. The van der Waals surface area contributed by atoms with E-state index in [1.165, 1.54) is 25.7 Å². The number of carbonyl (C=O) groups is 1. The summed E-state index contributed by atoms with van der Waals surface area (Å²) in [5.41, 5.74) is 1.87. The minimum Gasteiger partial charge on any atom is -0.368 e. The minimum absolute atomic E-state index is 0. The maximum absolute atomic E-state index is 12.2. The monoisotopic (exact) mass is 514 g/mol. The van der Waals surface area contributed by atoms with Crippen LogP contribution in [-0.2, 0) is 16.1 Å². The molecule has 0 bridgehead atoms. The highest BCUT2D eigenvalue weighted by Crippen LogP contribution is 2.23. The average molecular weight is 514 g/mol. The molecule has 7 heteroatoms. The van der Waals surface area contributed by atoms with Crippen molar-refractivity contribution in [1.82, 2.24) is 10.6 Å². The van der Waals surface area contributed by atoms with Gasteiger partial charge in [-0.3, -0.25) is 4.79 Å². The Morgan fingerprint density at radius 1 is 1.21 bits per heavy atom. The standard InChI is InChI=1S/C22H34N4O2.HI/c1-3-23-22(26-18-11-9-16(2)10-12-18)24-15-17-6-4-7-19(14-17)25-21(27)20-8-5-13-28-20;/h4,6-7,14,16,18,20H,3,5,8-13,15H2,1-2H3,(H,25,27)(H2,23,24,26);1H. The van der Waals surface area contributed by atoms with E-state index in [9.17, 15) is 4.79 Å². The molecule has 6 nitrogen and oxygen atoms in total. The number of ether oxygens (including phenoxy) is 1. The largest absolute Gasteiger partial charge is 0.368 e. The quantitative estimate of drug-likeness (QED) is 0.304. The van der Waals surface area contributed by atoms with Gasteiger partial charge in [0.15, 0.2) is 5.96 Å². The molecular formula is C22H35IN4O2. The van der Waals surface area contributed by atoms with Crippen LogP contribution in [0.3, 0.4) is 0 Å². The van der Waals surface area contributed by atoms with Crippen molar-refractivity contribution in [2.45, 2.75) is 71.1 Å². The first-order valence-corrected chi connectivity index (χ1v) is 10.7. The van der Waals surface area contributed by atoms with Crippen LogP contribution in [0.15, 0.2) is 29.3 Å². The summed E-state index contributed by atoms with van der Waals surface area (Å²) in [6, 6.07) is 8.40. The summed E-state index contributed by atoms with van der Waals surface area (Å²) in [7, 11) is 0. The number of hydrogen-bond acceptors (Lipinski definition) is 3. The van der Waals surface area contributed by atoms with Crippen LogP contribution >= 0.6 is 24.0 Å². The van der Waals surface area contributed by atoms with Crippen molar-refractivity contribution in [3.8, 4) is 0 Å². The predicted molar refractivity (Wildman–Crippen MR) is 129 cm³/mol. The van der Waals surface area contributed by atoms with Crippen LogP contribution < -0.4 is 16.0 Å². The van der Waals surface area contributed by atoms with Gasteiger partial charge in [-0.25, -0.2) is 4.99 Å². The third-order valence-electron chi connectivity index (χ3n) is 5.54. The summed E-state index contributed by atoms with van der Waals surface area (Å²) in [5.74, 6) is 1.65. The molecule has 2 aliphatic rings. The van der Waals surface area contributed by atoms with Gasteiger partial charge in [0, 0.05) is 24.9 Å². The Morgan fingerprint density at radius 2 is 2.00 bits per heavy atom. The molecule has 1 saturated carbocycles. The van der Waals surface area contributed by atoms with E-state index >= 15 is 0 Å². The van der Waals surface area contributed by atoms with Crippen molar-refractivity contribution in [3.05, 3.63) is 29.8 Å². The fourth-order valence-electron chi connectivity index (χ4n) is 3.84. The van der Waals surface area contributed by atoms with E-state index in [1.54, 1.807) is 0 Å². The van der Waals surface area contributed by atoms with Crippen molar-refractivity contribution in [2.75, 3.05) is 18.5 Å². The molecule has 29 heavy (non-hydrogen) atoms. The fraction of sp³-hybridized carbons (Fsp3) is 0.636. The second-order valence-electron chi connectivity index (χ2n) is 7.99. The molecule has 1 atom stereocenters. The summed E-state index contributed by atoms with van der Waals surface area (Å²) in [5, 5.41) is 9.90. The first-order valence-electron chi connectivity index (χ1n) is 10.7. The molecule has 1 aromatic rings. The molecule has 2 fully saturated rings. The molecule has 0 spiro atoms. The Balaban J connectivity index is 0.00000300. The van der Waals surface area contributed by atoms with E-state index in [-0.39, 0.29) is 36.0 Å². The van der Waals surface area contributed by atoms with Gasteiger partial charge in [0.05, 0.1) is 6.54 Å². The summed E-state index contributed by atoms with van der Waals surface area (Å²) >= 11 is 0. The van der Waals surface area contributed by atoms with Gasteiger partial charge in [0.25, 0.3) is 5.91 Å². The van der Waals surface area contributed by atoms with Crippen LogP contribution in [0.5, 0.6) is 0 Å². The van der Waals surface area contributed by atoms with Crippen LogP contribution in [-0.4, -0.2) is 37.2 Å². The van der Waals surface area contributed by atoms with Gasteiger partial charge in [-0.2, -0.15) is 0 Å². The molecule has 1 unspecified atom stereocenters. The highest BCUT2D eigenvalue weighted by molar-refractivity contribution is 14.0. The van der Waals surface area contributed by atoms with Gasteiger partial charge < -0.3 is 20.7 Å². The van der Waals surface area contributed by atoms with Gasteiger partial charge in [-0.05, 0) is 69.1 Å². The molecule has 1 aromatic carbocycles. The predicted octanol–water partition coefficient (Wildman–Crippen LogP) is 4.06. The van der Waals surface area contributed by atoms with Gasteiger partial charge in [0.1, 0.15) is 6.10 Å². The van der Waals surface area contributed by atoms with Gasteiger partial charge in [-0.15, -0.1) is 24.0 Å². The van der Waals surface area contributed by atoms with Crippen LogP contribution in [0.1, 0.15) is 57.9 Å². The average Bonchev–Trinajstić information content (AvgIpc) is 3.23. The summed E-state index contributed by atoms with van der Waals surface area (Å²) in [6.45, 7) is 6.50. The first kappa shape index (κ1) is 23.9. The molecule has 162 valence electrons. The Bertz CT molecular complexity index is 669. The summed E-state index contributed by atoms with van der Waals surface area (Å²) < 4.78 is 5.45. The number of benzene rings is 1. The third-order valence-corrected chi connectivity index (χ3v) is 5.54. The van der Waals surface area contributed by atoms with E-state index in [2.05, 4.69) is 29.8 Å². The molecule has 3 rings (SSSR count). The zero-order valence-electron chi connectivity index (χ0n) is 17.6. The highest BCUT2D eigenvalue weighted by atomic mass is 127. The molecule has 1 saturated heterocycles. The minimum atomic E-state index is -0.315. The number of carbonyl (C=O) groups excluding carboxylic acids is 1. The topological polar surface area (TPSA) is 74.8 Å². The van der Waals surface area contributed by atoms with Crippen LogP contribution in [0.4, 0.5) is 5.69 Å². The maximum atomic E-state index is 12.2. The van der Waals surface area contributed by atoms with E-state index in [4.69, 9.17) is 9.73 Å². The second-order valence-corrected chi connectivity index (χ2v) is 7.99. The number of amides is 1. The van der Waals surface area contributed by atoms with Crippen LogP contribution in [0, 0.1) is 5.92 Å². The zero-order chi connectivity index (χ0) is 19.8. The van der Waals surface area contributed by atoms with E-state index in [0.29, 0.717) is 19.2 Å². The lowest BCUT2D eigenvalue weighted by Gasteiger charge is -2.28. The number of nitrogens with zero attached hydrogens (tertiary/aromatic N) is 1. The zero-order valence-corrected chi connectivity index (χ0v) is 19.9. The Kier molecular flexibility index (Phi) is 10.2. The van der Waals surface area contributed by atoms with Crippen molar-refractivity contribution in [1.29, 1.82) is 0 Å². The van der Waals surface area contributed by atoms with Crippen molar-refractivity contribution >= 4 is 41.5 Å². The third kappa shape index (κ3) is 7.77. The van der Waals surface area contributed by atoms with E-state index < -0.39 is 0 Å². The van der Waals surface area contributed by atoms with Crippen LogP contribution in [0.25, 0.3) is 0 Å². The summed E-state index contributed by atoms with van der Waals surface area (Å²) in [6.07, 6.45) is 6.41. The fourth-order valence-corrected chi connectivity index (χ4v) is 3.84. The van der Waals surface area contributed by atoms with Gasteiger partial charge in [0.2, 0.25) is 0 Å². The normalized spacial score (nSPS) is 24.5. The number of hydrogen-bond donors (Lipinski definition) is 3. The lowest BCUT2D eigenvalue weighted by atomic mass is 9.87. The Morgan fingerprint density at radius 3 is 2.69 bits per heavy atom. The number of halogens is 1. The summed E-state index contributed by atoms with van der Waals surface area (Å²) in [4.78, 5) is 17.0. The van der Waals surface area contributed by atoms with Gasteiger partial charge >= 0.3 is 0 Å². The molecule has 1 heterocycles. The van der Waals surface area contributed by atoms with Crippen molar-refractivity contribution < 1.29 is 9.53 Å². The highest BCUT2D eigenvalue weighted by Gasteiger charge is 2.23. The lowest BCUT2D eigenvalue weighted by molar-refractivity contribution is -0.124. The number of nitrogens with one attached hydrogen (secondary N) is 3. The molecular weight excluding hydrogens is 479 g/mol. The number of aliphatic imine (C=N–C) groups is 1. The molecule has 1 aliphatic carbocycles. The first-order chi connectivity index (χ1) is 13.6. The number of guanidine groups is 1. The molecule has 1 amide bonds. The number of anilines is 1. The maximum Gasteiger partial charge on any atom is 0.253 e. The van der Waals surface area contributed by atoms with E-state index in [0.717, 1.165) is 42.5 Å². The van der Waals surface area contributed by atoms with E-state index in [1.807, 2.05) is 24.3 Å². The van der Waals surface area contributed by atoms with Gasteiger partial charge in [-0.1, -0.05) is 19.1 Å². The molecule has 3 N–H and O–H groups in total. The smallest absolute Gasteiger partial charge is 0.253 e. The molecule has 0 radical (unpaired) electrons. The molecule has 1 aliphatic heterocycles. The molecule has 0 aromatic heterocycles. The van der Waals surface area contributed by atoms with Crippen molar-refractivity contribution in [2.24, 2.45) is 10.9 Å². The van der Waals surface area contributed by atoms with Crippen molar-refractivity contribution in [3.63, 3.8) is 0 Å². The SMILES string of the molecule is CCNC(=NCc1cccc(NC(=O)C2CCCO2)c1)NC1CCC(C)CC1.I. The lowest BCUT2D eigenvalue weighted by Crippen LogP contribution is -2.44. The second kappa shape index (κ2) is 12.4. The van der Waals surface area contributed by atoms with Crippen LogP contribution in [0.2, 0.25) is 0 Å².